The summed E-state index contributed by atoms with van der Waals surface area (Å²) in [7, 11) is 3.25. The molecule has 0 unspecified atom stereocenters. The molecule has 2 fully saturated rings. The van der Waals surface area contributed by atoms with Crippen molar-refractivity contribution in [3.05, 3.63) is 46.2 Å². The summed E-state index contributed by atoms with van der Waals surface area (Å²) in [6.45, 7) is 3.88. The van der Waals surface area contributed by atoms with Gasteiger partial charge in [0.05, 0.1) is 20.6 Å². The van der Waals surface area contributed by atoms with Crippen LogP contribution in [0, 0.1) is 5.92 Å². The number of amides is 1. The fraction of sp³-hybridized carbons (Fsp3) is 0.522. The van der Waals surface area contributed by atoms with Crippen LogP contribution in [0.3, 0.4) is 0 Å². The van der Waals surface area contributed by atoms with E-state index in [-0.39, 0.29) is 5.91 Å². The zero-order valence-electron chi connectivity index (χ0n) is 17.3. The molecule has 4 rings (SSSR count). The molecule has 0 aliphatic carbocycles. The first-order valence-electron chi connectivity index (χ1n) is 10.4. The Labute approximate surface area is 177 Å². The fourth-order valence-electron chi connectivity index (χ4n) is 4.72. The van der Waals surface area contributed by atoms with Gasteiger partial charge in [0.15, 0.2) is 11.5 Å². The van der Waals surface area contributed by atoms with Gasteiger partial charge in [0.1, 0.15) is 0 Å². The second kappa shape index (κ2) is 9.18. The number of benzene rings is 1. The molecule has 0 saturated carbocycles. The Kier molecular flexibility index (Phi) is 6.40. The van der Waals surface area contributed by atoms with E-state index in [1.165, 1.54) is 24.1 Å². The topological polar surface area (TPSA) is 42.0 Å². The van der Waals surface area contributed by atoms with Gasteiger partial charge in [-0.05, 0) is 54.4 Å². The average molecular weight is 415 g/mol. The van der Waals surface area contributed by atoms with E-state index < -0.39 is 0 Å². The number of likely N-dealkylation sites (tertiary alicyclic amines) is 2. The summed E-state index contributed by atoms with van der Waals surface area (Å²) >= 11 is 1.83. The Hall–Kier alpha value is -2.05. The largest absolute Gasteiger partial charge is 0.493 e. The summed E-state index contributed by atoms with van der Waals surface area (Å²) in [5.74, 6) is 2.16. The third kappa shape index (κ3) is 4.59. The van der Waals surface area contributed by atoms with Crippen molar-refractivity contribution in [3.63, 3.8) is 0 Å². The molecular formula is C23H30N2O3S. The SMILES string of the molecule is COc1ccc(CC(=O)N2C[C@@H]3CCCCN(Cc4cccs4)[C@@H]3C2)cc1OC. The fourth-order valence-corrected chi connectivity index (χ4v) is 5.45. The van der Waals surface area contributed by atoms with E-state index in [4.69, 9.17) is 9.47 Å². The number of rotatable bonds is 6. The van der Waals surface area contributed by atoms with Crippen LogP contribution in [0.4, 0.5) is 0 Å². The number of nitrogens with zero attached hydrogens (tertiary/aromatic N) is 2. The predicted molar refractivity (Wildman–Crippen MR) is 116 cm³/mol. The van der Waals surface area contributed by atoms with Crippen LogP contribution in [0.25, 0.3) is 0 Å². The average Bonchev–Trinajstić information content (AvgIpc) is 3.36. The molecule has 3 heterocycles. The van der Waals surface area contributed by atoms with Crippen LogP contribution in [0.5, 0.6) is 11.5 Å². The number of thiophene rings is 1. The molecular weight excluding hydrogens is 384 g/mol. The van der Waals surface area contributed by atoms with E-state index in [9.17, 15) is 4.79 Å². The second-order valence-electron chi connectivity index (χ2n) is 8.04. The van der Waals surface area contributed by atoms with Gasteiger partial charge in [0.2, 0.25) is 5.91 Å². The molecule has 5 nitrogen and oxygen atoms in total. The molecule has 1 amide bonds. The Balaban J connectivity index is 1.43. The lowest BCUT2D eigenvalue weighted by Gasteiger charge is -2.29. The molecule has 2 aromatic rings. The lowest BCUT2D eigenvalue weighted by molar-refractivity contribution is -0.129. The molecule has 0 bridgehead atoms. The van der Waals surface area contributed by atoms with Gasteiger partial charge in [-0.15, -0.1) is 11.3 Å². The van der Waals surface area contributed by atoms with Gasteiger partial charge in [0, 0.05) is 30.6 Å². The van der Waals surface area contributed by atoms with Crippen molar-refractivity contribution >= 4 is 17.2 Å². The molecule has 156 valence electrons. The first-order valence-corrected chi connectivity index (χ1v) is 11.3. The highest BCUT2D eigenvalue weighted by Gasteiger charge is 2.39. The highest BCUT2D eigenvalue weighted by molar-refractivity contribution is 7.09. The van der Waals surface area contributed by atoms with Crippen LogP contribution in [0.1, 0.15) is 29.7 Å². The summed E-state index contributed by atoms with van der Waals surface area (Å²) < 4.78 is 10.7. The first kappa shape index (κ1) is 20.2. The minimum atomic E-state index is 0.210. The molecule has 2 atom stereocenters. The predicted octanol–water partition coefficient (Wildman–Crippen LogP) is 3.82. The standard InChI is InChI=1S/C23H30N2O3S/c1-27-21-9-8-17(12-22(21)28-2)13-23(26)25-14-18-6-3-4-10-24(20(18)16-25)15-19-7-5-11-29-19/h5,7-9,11-12,18,20H,3-4,6,10,13-16H2,1-2H3/t18-,20+/m0/s1. The molecule has 1 aromatic carbocycles. The number of ether oxygens (including phenoxy) is 2. The summed E-state index contributed by atoms with van der Waals surface area (Å²) in [6.07, 6.45) is 4.16. The molecule has 2 saturated heterocycles. The molecule has 0 radical (unpaired) electrons. The van der Waals surface area contributed by atoms with E-state index in [1.54, 1.807) is 14.2 Å². The van der Waals surface area contributed by atoms with E-state index >= 15 is 0 Å². The number of carbonyl (C=O) groups is 1. The molecule has 2 aliphatic rings. The highest BCUT2D eigenvalue weighted by Crippen LogP contribution is 2.32. The van der Waals surface area contributed by atoms with E-state index in [0.29, 0.717) is 29.9 Å². The summed E-state index contributed by atoms with van der Waals surface area (Å²) in [6, 6.07) is 10.6. The normalized spacial score (nSPS) is 22.2. The third-order valence-electron chi connectivity index (χ3n) is 6.24. The lowest BCUT2D eigenvalue weighted by atomic mass is 9.98. The van der Waals surface area contributed by atoms with Crippen molar-refractivity contribution < 1.29 is 14.3 Å². The molecule has 0 N–H and O–H groups in total. The number of methoxy groups -OCH3 is 2. The van der Waals surface area contributed by atoms with Gasteiger partial charge in [-0.3, -0.25) is 9.69 Å². The van der Waals surface area contributed by atoms with Gasteiger partial charge < -0.3 is 14.4 Å². The molecule has 1 aromatic heterocycles. The van der Waals surface area contributed by atoms with Crippen molar-refractivity contribution in [3.8, 4) is 11.5 Å². The lowest BCUT2D eigenvalue weighted by Crippen LogP contribution is -2.40. The maximum atomic E-state index is 13.1. The quantitative estimate of drug-likeness (QED) is 0.721. The van der Waals surface area contributed by atoms with Gasteiger partial charge in [-0.2, -0.15) is 0 Å². The van der Waals surface area contributed by atoms with Gasteiger partial charge in [-0.25, -0.2) is 0 Å². The molecule has 29 heavy (non-hydrogen) atoms. The van der Waals surface area contributed by atoms with Crippen LogP contribution in [-0.2, 0) is 17.8 Å². The maximum Gasteiger partial charge on any atom is 0.227 e. The van der Waals surface area contributed by atoms with E-state index in [1.807, 2.05) is 29.5 Å². The summed E-state index contributed by atoms with van der Waals surface area (Å²) in [4.78, 5) is 19.2. The minimum absolute atomic E-state index is 0.210. The van der Waals surface area contributed by atoms with Gasteiger partial charge >= 0.3 is 0 Å². The van der Waals surface area contributed by atoms with Crippen molar-refractivity contribution in [1.29, 1.82) is 0 Å². The highest BCUT2D eigenvalue weighted by atomic mass is 32.1. The first-order chi connectivity index (χ1) is 14.2. The monoisotopic (exact) mass is 414 g/mol. The number of carbonyl (C=O) groups excluding carboxylic acids is 1. The summed E-state index contributed by atoms with van der Waals surface area (Å²) in [5, 5.41) is 2.15. The van der Waals surface area contributed by atoms with Crippen LogP contribution in [-0.4, -0.2) is 55.6 Å². The maximum absolute atomic E-state index is 13.1. The van der Waals surface area contributed by atoms with Crippen molar-refractivity contribution in [2.45, 2.75) is 38.3 Å². The number of hydrogen-bond donors (Lipinski definition) is 0. The van der Waals surface area contributed by atoms with Crippen molar-refractivity contribution in [2.75, 3.05) is 33.9 Å². The van der Waals surface area contributed by atoms with Crippen molar-refractivity contribution in [1.82, 2.24) is 9.80 Å². The molecule has 2 aliphatic heterocycles. The van der Waals surface area contributed by atoms with Crippen LogP contribution < -0.4 is 9.47 Å². The van der Waals surface area contributed by atoms with Crippen LogP contribution >= 0.6 is 11.3 Å². The Morgan fingerprint density at radius 1 is 1.14 bits per heavy atom. The molecule has 0 spiro atoms. The zero-order chi connectivity index (χ0) is 20.2. The van der Waals surface area contributed by atoms with Crippen LogP contribution in [0.15, 0.2) is 35.7 Å². The van der Waals surface area contributed by atoms with Crippen molar-refractivity contribution in [2.24, 2.45) is 5.92 Å². The third-order valence-corrected chi connectivity index (χ3v) is 7.10. The second-order valence-corrected chi connectivity index (χ2v) is 9.07. The summed E-state index contributed by atoms with van der Waals surface area (Å²) in [5.41, 5.74) is 0.968. The zero-order valence-corrected chi connectivity index (χ0v) is 18.1. The smallest absolute Gasteiger partial charge is 0.227 e. The van der Waals surface area contributed by atoms with E-state index in [0.717, 1.165) is 31.7 Å². The Morgan fingerprint density at radius 2 is 2.00 bits per heavy atom. The van der Waals surface area contributed by atoms with E-state index in [2.05, 4.69) is 27.3 Å². The minimum Gasteiger partial charge on any atom is -0.493 e. The number of fused-ring (bicyclic) bond motifs is 1. The van der Waals surface area contributed by atoms with Gasteiger partial charge in [-0.1, -0.05) is 18.6 Å². The van der Waals surface area contributed by atoms with Gasteiger partial charge in [0.25, 0.3) is 0 Å². The Bertz CT molecular complexity index is 824. The molecule has 6 heteroatoms. The van der Waals surface area contributed by atoms with Crippen LogP contribution in [0.2, 0.25) is 0 Å². The number of hydrogen-bond acceptors (Lipinski definition) is 5. The Morgan fingerprint density at radius 3 is 2.76 bits per heavy atom.